The highest BCUT2D eigenvalue weighted by atomic mass is 80.0. The highest BCUT2D eigenvalue weighted by Crippen LogP contribution is 2.43. The summed E-state index contributed by atoms with van der Waals surface area (Å²) in [5.74, 6) is 0. The van der Waals surface area contributed by atoms with Crippen molar-refractivity contribution >= 4 is 67.7 Å². The molecule has 0 amide bonds. The number of sulfonamides is 1. The molecule has 0 saturated heterocycles. The van der Waals surface area contributed by atoms with E-state index in [2.05, 4.69) is 47.8 Å². The number of sulfone groups is 1. The van der Waals surface area contributed by atoms with E-state index >= 15 is 0 Å². The average molecular weight is 584 g/mol. The van der Waals surface area contributed by atoms with Crippen molar-refractivity contribution in [2.75, 3.05) is 13.1 Å². The van der Waals surface area contributed by atoms with E-state index < -0.39 is 21.3 Å². The Morgan fingerprint density at radius 3 is 1.84 bits per heavy atom. The van der Waals surface area contributed by atoms with Gasteiger partial charge in [-0.15, -0.1) is 0 Å². The largest absolute Gasteiger partial charge is 0.243 e. The number of unbranched alkanes of at least 4 members (excludes halogenated alkanes) is 2. The van der Waals surface area contributed by atoms with Crippen LogP contribution in [0.25, 0.3) is 0 Å². The van der Waals surface area contributed by atoms with Crippen LogP contribution in [0.1, 0.15) is 39.5 Å². The van der Waals surface area contributed by atoms with E-state index in [4.69, 9.17) is 0 Å². The molecule has 10 heteroatoms. The summed E-state index contributed by atoms with van der Waals surface area (Å²) in [4.78, 5) is -0.109. The molecule has 1 rings (SSSR count). The zero-order chi connectivity index (χ0) is 19.3. The Bertz CT molecular complexity index is 766. The molecular weight excluding hydrogens is 562 g/mol. The van der Waals surface area contributed by atoms with Gasteiger partial charge in [0.25, 0.3) is 0 Å². The molecule has 0 N–H and O–H groups in total. The van der Waals surface area contributed by atoms with E-state index in [9.17, 15) is 16.8 Å². The normalized spacial score (nSPS) is 13.4. The minimum absolute atomic E-state index is 0.0162. The predicted octanol–water partition coefficient (Wildman–Crippen LogP) is 4.85. The van der Waals surface area contributed by atoms with Gasteiger partial charge in [-0.05, 0) is 78.8 Å². The van der Waals surface area contributed by atoms with Gasteiger partial charge in [0.1, 0.15) is 0 Å². The molecule has 0 aliphatic carbocycles. The van der Waals surface area contributed by atoms with Crippen LogP contribution in [0.4, 0.5) is 0 Å². The lowest BCUT2D eigenvalue weighted by atomic mass is 10.3. The molecule has 0 spiro atoms. The maximum atomic E-state index is 13.0. The van der Waals surface area contributed by atoms with Crippen LogP contribution in [0.2, 0.25) is 0 Å². The van der Waals surface area contributed by atoms with Gasteiger partial charge in [-0.1, -0.05) is 32.8 Å². The number of halogens is 3. The molecule has 25 heavy (non-hydrogen) atoms. The lowest BCUT2D eigenvalue weighted by molar-refractivity contribution is 0.395. The summed E-state index contributed by atoms with van der Waals surface area (Å²) in [5, 5.41) is 0. The molecule has 0 aromatic heterocycles. The Hall–Kier alpha value is 0.520. The first kappa shape index (κ1) is 23.6. The fourth-order valence-electron chi connectivity index (χ4n) is 2.11. The van der Waals surface area contributed by atoms with Crippen LogP contribution in [0.3, 0.4) is 0 Å². The molecule has 0 fully saturated rings. The van der Waals surface area contributed by atoms with E-state index in [1.54, 1.807) is 0 Å². The number of nitrogens with zero attached hydrogens (tertiary/aromatic N) is 1. The summed E-state index contributed by atoms with van der Waals surface area (Å²) < 4.78 is 50.8. The molecule has 0 aliphatic heterocycles. The summed E-state index contributed by atoms with van der Waals surface area (Å²) >= 11 is 8.98. The number of rotatable bonds is 9. The first-order valence-electron chi connectivity index (χ1n) is 7.90. The second-order valence-corrected chi connectivity index (χ2v) is 17.9. The van der Waals surface area contributed by atoms with Gasteiger partial charge < -0.3 is 0 Å². The quantitative estimate of drug-likeness (QED) is 0.390. The van der Waals surface area contributed by atoms with E-state index in [1.807, 2.05) is 13.8 Å². The Morgan fingerprint density at radius 2 is 1.40 bits per heavy atom. The Kier molecular flexibility index (Phi) is 9.08. The molecule has 5 nitrogen and oxygen atoms in total. The summed E-state index contributed by atoms with van der Waals surface area (Å²) in [5.41, 5.74) is 0. The zero-order valence-electron chi connectivity index (χ0n) is 14.1. The third-order valence-electron chi connectivity index (χ3n) is 3.58. The molecule has 1 aromatic carbocycles. The van der Waals surface area contributed by atoms with Crippen LogP contribution in [0.5, 0.6) is 0 Å². The monoisotopic (exact) mass is 581 g/mol. The molecule has 0 atom stereocenters. The molecule has 0 bridgehead atoms. The second kappa shape index (κ2) is 9.64. The van der Waals surface area contributed by atoms with Crippen LogP contribution in [-0.4, -0.2) is 35.7 Å². The minimum atomic E-state index is -3.85. The van der Waals surface area contributed by atoms with E-state index in [-0.39, 0.29) is 9.79 Å². The lowest BCUT2D eigenvalue weighted by Crippen LogP contribution is -2.33. The van der Waals surface area contributed by atoms with Gasteiger partial charge in [-0.2, -0.15) is 4.31 Å². The second-order valence-electron chi connectivity index (χ2n) is 5.54. The van der Waals surface area contributed by atoms with Crippen molar-refractivity contribution in [1.29, 1.82) is 0 Å². The standard InChI is InChI=1S/C15H22Br3NO4S2/c1-3-5-10-19(11-6-4-2)25(22,23)14-9-7-8-13(12-14)24(20,21)15(16,17)18/h7-9,12H,3-6,10-11H2,1-2H3. The van der Waals surface area contributed by atoms with Crippen molar-refractivity contribution in [3.63, 3.8) is 0 Å². The predicted molar refractivity (Wildman–Crippen MR) is 112 cm³/mol. The van der Waals surface area contributed by atoms with Crippen LogP contribution in [0.15, 0.2) is 34.1 Å². The van der Waals surface area contributed by atoms with Crippen LogP contribution < -0.4 is 0 Å². The number of alkyl halides is 3. The van der Waals surface area contributed by atoms with Gasteiger partial charge in [-0.25, -0.2) is 16.8 Å². The highest BCUT2D eigenvalue weighted by molar-refractivity contribution is 9.42. The molecule has 0 unspecified atom stereocenters. The van der Waals surface area contributed by atoms with Gasteiger partial charge in [0.2, 0.25) is 21.3 Å². The smallest absolute Gasteiger partial charge is 0.220 e. The van der Waals surface area contributed by atoms with E-state index in [0.29, 0.717) is 13.1 Å². The first-order chi connectivity index (χ1) is 11.5. The summed E-state index contributed by atoms with van der Waals surface area (Å²) in [6, 6.07) is 5.44. The summed E-state index contributed by atoms with van der Waals surface area (Å²) in [6.45, 7) is 4.85. The van der Waals surface area contributed by atoms with Crippen molar-refractivity contribution in [1.82, 2.24) is 4.31 Å². The van der Waals surface area contributed by atoms with Crippen molar-refractivity contribution in [3.05, 3.63) is 24.3 Å². The molecule has 0 heterocycles. The average Bonchev–Trinajstić information content (AvgIpc) is 2.53. The molecule has 1 aromatic rings. The summed E-state index contributed by atoms with van der Waals surface area (Å²) in [7, 11) is -7.60. The van der Waals surface area contributed by atoms with E-state index in [0.717, 1.165) is 25.7 Å². The Labute approximate surface area is 175 Å². The summed E-state index contributed by atoms with van der Waals surface area (Å²) in [6.07, 6.45) is 3.28. The zero-order valence-corrected chi connectivity index (χ0v) is 20.5. The van der Waals surface area contributed by atoms with Crippen molar-refractivity contribution < 1.29 is 16.8 Å². The number of hydrogen-bond acceptors (Lipinski definition) is 4. The first-order valence-corrected chi connectivity index (χ1v) is 13.2. The van der Waals surface area contributed by atoms with Gasteiger partial charge in [0.15, 0.2) is 0 Å². The third-order valence-corrected chi connectivity index (χ3v) is 10.8. The van der Waals surface area contributed by atoms with Gasteiger partial charge >= 0.3 is 0 Å². The van der Waals surface area contributed by atoms with Crippen molar-refractivity contribution in [3.8, 4) is 0 Å². The van der Waals surface area contributed by atoms with Crippen molar-refractivity contribution in [2.45, 2.75) is 50.8 Å². The molecule has 144 valence electrons. The number of hydrogen-bond donors (Lipinski definition) is 0. The van der Waals surface area contributed by atoms with E-state index in [1.165, 1.54) is 28.6 Å². The fourth-order valence-corrected chi connectivity index (χ4v) is 6.23. The molecule has 0 radical (unpaired) electrons. The van der Waals surface area contributed by atoms with Gasteiger partial charge in [-0.3, -0.25) is 0 Å². The molecule has 0 saturated carbocycles. The van der Waals surface area contributed by atoms with Gasteiger partial charge in [0.05, 0.1) is 9.79 Å². The minimum Gasteiger partial charge on any atom is -0.220 e. The lowest BCUT2D eigenvalue weighted by Gasteiger charge is -2.22. The van der Waals surface area contributed by atoms with Crippen molar-refractivity contribution in [2.24, 2.45) is 0 Å². The molecule has 0 aliphatic rings. The maximum absolute atomic E-state index is 13.0. The highest BCUT2D eigenvalue weighted by Gasteiger charge is 2.38. The van der Waals surface area contributed by atoms with Crippen LogP contribution in [-0.2, 0) is 19.9 Å². The van der Waals surface area contributed by atoms with Crippen LogP contribution >= 0.6 is 47.8 Å². The third kappa shape index (κ3) is 6.00. The number of benzene rings is 1. The Balaban J connectivity index is 3.31. The fraction of sp³-hybridized carbons (Fsp3) is 0.600. The molecular formula is C15H22Br3NO4S2. The topological polar surface area (TPSA) is 71.5 Å². The Morgan fingerprint density at radius 1 is 0.920 bits per heavy atom. The maximum Gasteiger partial charge on any atom is 0.243 e. The SMILES string of the molecule is CCCCN(CCCC)S(=O)(=O)c1cccc(S(=O)(=O)C(Br)(Br)Br)c1. The van der Waals surface area contributed by atoms with Crippen LogP contribution in [0, 0.1) is 0 Å². The van der Waals surface area contributed by atoms with Gasteiger partial charge in [0, 0.05) is 13.1 Å².